The van der Waals surface area contributed by atoms with Crippen LogP contribution < -0.4 is 15.4 Å². The average Bonchev–Trinajstić information content (AvgIpc) is 3.02. The number of unbranched alkanes of at least 4 members (excludes halogenated alkanes) is 1. The smallest absolute Gasteiger partial charge is 0.273 e. The summed E-state index contributed by atoms with van der Waals surface area (Å²) in [6, 6.07) is 0. The van der Waals surface area contributed by atoms with Crippen LogP contribution in [0, 0.1) is 11.8 Å². The molecular weight excluding hydrogens is 338 g/mol. The van der Waals surface area contributed by atoms with Gasteiger partial charge in [-0.3, -0.25) is 4.79 Å². The monoisotopic (exact) mass is 367 g/mol. The van der Waals surface area contributed by atoms with E-state index >= 15 is 0 Å². The molecule has 1 atom stereocenters. The number of hydrogen-bond acceptors (Lipinski definition) is 6. The summed E-state index contributed by atoms with van der Waals surface area (Å²) in [5.74, 6) is 5.88. The highest BCUT2D eigenvalue weighted by Crippen LogP contribution is 2.20. The maximum absolute atomic E-state index is 12.0. The average molecular weight is 368 g/mol. The molecule has 1 unspecified atom stereocenters. The summed E-state index contributed by atoms with van der Waals surface area (Å²) in [6.45, 7) is 9.25. The van der Waals surface area contributed by atoms with Crippen molar-refractivity contribution in [1.82, 2.24) is 15.6 Å². The van der Waals surface area contributed by atoms with Gasteiger partial charge in [-0.2, -0.15) is 0 Å². The zero-order chi connectivity index (χ0) is 18.7. The maximum Gasteiger partial charge on any atom is 0.273 e. The maximum atomic E-state index is 12.0. The Hall–Kier alpha value is -1.62. The Morgan fingerprint density at radius 1 is 1.40 bits per heavy atom. The number of nitrogens with zero attached hydrogens (tertiary/aromatic N) is 1. The molecule has 0 saturated heterocycles. The second-order valence-electron chi connectivity index (χ2n) is 6.70. The molecule has 1 amide bonds. The number of aromatic nitrogens is 1. The van der Waals surface area contributed by atoms with E-state index in [1.165, 1.54) is 17.5 Å². The quantitative estimate of drug-likeness (QED) is 0.460. The predicted molar refractivity (Wildman–Crippen MR) is 101 cm³/mol. The summed E-state index contributed by atoms with van der Waals surface area (Å²) in [7, 11) is 0. The van der Waals surface area contributed by atoms with Gasteiger partial charge in [-0.1, -0.05) is 18.3 Å². The van der Waals surface area contributed by atoms with E-state index in [1.807, 2.05) is 20.8 Å². The van der Waals surface area contributed by atoms with Crippen LogP contribution in [0.15, 0.2) is 6.20 Å². The lowest BCUT2D eigenvalue weighted by atomic mass is 10.1. The number of ether oxygens (including phenoxy) is 1. The molecule has 0 aromatic carbocycles. The predicted octanol–water partition coefficient (Wildman–Crippen LogP) is 2.19. The van der Waals surface area contributed by atoms with Gasteiger partial charge in [0.2, 0.25) is 0 Å². The molecule has 0 saturated carbocycles. The minimum absolute atomic E-state index is 0.0612. The zero-order valence-corrected chi connectivity index (χ0v) is 16.3. The highest BCUT2D eigenvalue weighted by atomic mass is 32.1. The van der Waals surface area contributed by atoms with Gasteiger partial charge in [0.1, 0.15) is 17.6 Å². The molecule has 0 spiro atoms. The topological polar surface area (TPSA) is 83.5 Å². The third-order valence-corrected chi connectivity index (χ3v) is 3.92. The van der Waals surface area contributed by atoms with E-state index in [2.05, 4.69) is 34.4 Å². The van der Waals surface area contributed by atoms with E-state index in [1.54, 1.807) is 0 Å². The van der Waals surface area contributed by atoms with Crippen molar-refractivity contribution in [2.24, 2.45) is 0 Å². The first-order chi connectivity index (χ1) is 11.8. The molecule has 1 heterocycles. The Morgan fingerprint density at radius 3 is 2.80 bits per heavy atom. The van der Waals surface area contributed by atoms with Crippen LogP contribution in [0.4, 0.5) is 0 Å². The van der Waals surface area contributed by atoms with Crippen molar-refractivity contribution in [2.75, 3.05) is 19.7 Å². The van der Waals surface area contributed by atoms with Gasteiger partial charge in [-0.15, -0.1) is 11.8 Å². The Labute approximate surface area is 154 Å². The van der Waals surface area contributed by atoms with Crippen molar-refractivity contribution in [3.05, 3.63) is 11.1 Å². The lowest BCUT2D eigenvalue weighted by Crippen LogP contribution is -2.42. The van der Waals surface area contributed by atoms with Gasteiger partial charge in [-0.05, 0) is 27.2 Å². The Bertz CT molecular complexity index is 584. The van der Waals surface area contributed by atoms with E-state index in [0.717, 1.165) is 12.8 Å². The van der Waals surface area contributed by atoms with Crippen molar-refractivity contribution in [3.63, 3.8) is 0 Å². The Kier molecular flexibility index (Phi) is 9.50. The van der Waals surface area contributed by atoms with Crippen LogP contribution >= 0.6 is 11.3 Å². The van der Waals surface area contributed by atoms with Gasteiger partial charge < -0.3 is 20.5 Å². The normalized spacial score (nSPS) is 12.2. The number of β-amino-alcohol motifs (C(OH)–C–C–N with tert-alkyl or cyclic N) is 1. The molecule has 1 rings (SSSR count). The first-order valence-corrected chi connectivity index (χ1v) is 9.39. The molecule has 0 aliphatic heterocycles. The van der Waals surface area contributed by atoms with E-state index in [0.29, 0.717) is 29.6 Å². The van der Waals surface area contributed by atoms with Crippen LogP contribution in [0.3, 0.4) is 0 Å². The molecule has 1 aromatic rings. The van der Waals surface area contributed by atoms with E-state index in [4.69, 9.17) is 4.74 Å². The Balaban J connectivity index is 2.31. The summed E-state index contributed by atoms with van der Waals surface area (Å²) in [6.07, 6.45) is 3.42. The van der Waals surface area contributed by atoms with Crippen molar-refractivity contribution in [3.8, 4) is 17.0 Å². The number of aliphatic hydroxyl groups is 1. The minimum Gasteiger partial charge on any atom is -0.467 e. The third-order valence-electron chi connectivity index (χ3n) is 3.01. The second kappa shape index (κ2) is 11.1. The van der Waals surface area contributed by atoms with Gasteiger partial charge in [0.15, 0.2) is 0 Å². The summed E-state index contributed by atoms with van der Waals surface area (Å²) < 4.78 is 5.45. The summed E-state index contributed by atoms with van der Waals surface area (Å²) in [5.41, 5.74) is -0.0612. The van der Waals surface area contributed by atoms with Crippen LogP contribution in [-0.2, 0) is 0 Å². The van der Waals surface area contributed by atoms with Crippen molar-refractivity contribution in [1.29, 1.82) is 0 Å². The first kappa shape index (κ1) is 21.4. The van der Waals surface area contributed by atoms with E-state index in [9.17, 15) is 9.90 Å². The van der Waals surface area contributed by atoms with Gasteiger partial charge >= 0.3 is 0 Å². The van der Waals surface area contributed by atoms with E-state index in [-0.39, 0.29) is 18.1 Å². The SMILES string of the molecule is CCCC#CCCNC(=O)c1cnc(OCC(O)CNC(C)(C)C)s1. The number of amides is 1. The van der Waals surface area contributed by atoms with Crippen molar-refractivity contribution in [2.45, 2.75) is 58.6 Å². The third kappa shape index (κ3) is 10.1. The Morgan fingerprint density at radius 2 is 2.12 bits per heavy atom. The van der Waals surface area contributed by atoms with Crippen molar-refractivity contribution >= 4 is 17.2 Å². The van der Waals surface area contributed by atoms with Crippen LogP contribution in [0.1, 0.15) is 56.6 Å². The van der Waals surface area contributed by atoms with Crippen LogP contribution in [0.25, 0.3) is 0 Å². The number of aliphatic hydroxyl groups excluding tert-OH is 1. The molecule has 25 heavy (non-hydrogen) atoms. The highest BCUT2D eigenvalue weighted by Gasteiger charge is 2.14. The fraction of sp³-hybridized carbons (Fsp3) is 0.667. The zero-order valence-electron chi connectivity index (χ0n) is 15.5. The molecule has 140 valence electrons. The van der Waals surface area contributed by atoms with E-state index < -0.39 is 6.10 Å². The molecule has 3 N–H and O–H groups in total. The summed E-state index contributed by atoms with van der Waals surface area (Å²) in [5, 5.41) is 16.3. The van der Waals surface area contributed by atoms with Gasteiger partial charge in [-0.25, -0.2) is 4.98 Å². The fourth-order valence-electron chi connectivity index (χ4n) is 1.71. The second-order valence-corrected chi connectivity index (χ2v) is 7.69. The van der Waals surface area contributed by atoms with Crippen LogP contribution in [0.5, 0.6) is 5.19 Å². The van der Waals surface area contributed by atoms with Gasteiger partial charge in [0.25, 0.3) is 11.1 Å². The number of hydrogen-bond donors (Lipinski definition) is 3. The number of carbonyl (C=O) groups is 1. The molecule has 0 radical (unpaired) electrons. The number of thiazole rings is 1. The number of carbonyl (C=O) groups excluding carboxylic acids is 1. The molecule has 1 aromatic heterocycles. The van der Waals surface area contributed by atoms with Gasteiger partial charge in [0.05, 0.1) is 6.20 Å². The standard InChI is InChI=1S/C18H29N3O3S/c1-5-6-7-8-9-10-19-16(23)15-12-20-17(25-15)24-13-14(22)11-21-18(2,3)4/h12,14,21-22H,5-6,9-11,13H2,1-4H3,(H,19,23). The number of nitrogens with one attached hydrogen (secondary N) is 2. The largest absolute Gasteiger partial charge is 0.467 e. The van der Waals surface area contributed by atoms with Gasteiger partial charge in [0, 0.05) is 31.5 Å². The molecule has 7 heteroatoms. The molecule has 0 fully saturated rings. The van der Waals surface area contributed by atoms with Crippen LogP contribution in [-0.4, -0.2) is 47.3 Å². The minimum atomic E-state index is -0.637. The van der Waals surface area contributed by atoms with Crippen LogP contribution in [0.2, 0.25) is 0 Å². The fourth-order valence-corrected chi connectivity index (χ4v) is 2.40. The lowest BCUT2D eigenvalue weighted by molar-refractivity contribution is 0.0958. The lowest BCUT2D eigenvalue weighted by Gasteiger charge is -2.22. The molecule has 6 nitrogen and oxygen atoms in total. The van der Waals surface area contributed by atoms with Crippen molar-refractivity contribution < 1.29 is 14.6 Å². The summed E-state index contributed by atoms with van der Waals surface area (Å²) in [4.78, 5) is 16.5. The molecule has 0 bridgehead atoms. The summed E-state index contributed by atoms with van der Waals surface area (Å²) >= 11 is 1.17. The molecule has 0 aliphatic rings. The molecule has 0 aliphatic carbocycles. The molecular formula is C18H29N3O3S. The first-order valence-electron chi connectivity index (χ1n) is 8.57. The highest BCUT2D eigenvalue weighted by molar-refractivity contribution is 7.15. The number of rotatable bonds is 9.